The molecule has 74 valence electrons. The van der Waals surface area contributed by atoms with Crippen molar-refractivity contribution in [3.8, 4) is 0 Å². The van der Waals surface area contributed by atoms with Gasteiger partial charge in [-0.1, -0.05) is 11.8 Å². The summed E-state index contributed by atoms with van der Waals surface area (Å²) >= 11 is 5.35. The summed E-state index contributed by atoms with van der Waals surface area (Å²) in [6.45, 7) is 3.45. The van der Waals surface area contributed by atoms with Gasteiger partial charge in [-0.3, -0.25) is 4.99 Å². The van der Waals surface area contributed by atoms with Crippen LogP contribution < -0.4 is 5.32 Å². The topological polar surface area (TPSA) is 24.4 Å². The lowest BCUT2D eigenvalue weighted by molar-refractivity contribution is 0.353. The van der Waals surface area contributed by atoms with E-state index in [1.807, 2.05) is 11.8 Å². The van der Waals surface area contributed by atoms with E-state index in [-0.39, 0.29) is 0 Å². The van der Waals surface area contributed by atoms with E-state index < -0.39 is 0 Å². The molecule has 1 atom stereocenters. The number of nitrogens with zero attached hydrogens (tertiary/aromatic N) is 1. The summed E-state index contributed by atoms with van der Waals surface area (Å²) < 4.78 is 1.10. The van der Waals surface area contributed by atoms with Gasteiger partial charge >= 0.3 is 0 Å². The molecule has 0 amide bonds. The first kappa shape index (κ1) is 9.99. The van der Waals surface area contributed by atoms with E-state index in [0.29, 0.717) is 0 Å². The minimum absolute atomic E-state index is 0.748. The normalized spacial score (nSPS) is 30.5. The smallest absolute Gasteiger partial charge is 0.134 e. The van der Waals surface area contributed by atoms with Crippen LogP contribution >= 0.6 is 27.7 Å². The highest BCUT2D eigenvalue weighted by Crippen LogP contribution is 2.31. The molecule has 0 aliphatic carbocycles. The van der Waals surface area contributed by atoms with Gasteiger partial charge in [0.1, 0.15) is 3.95 Å². The third kappa shape index (κ3) is 2.96. The SMILES string of the molecule is BrC1=NCC(CC2CCNCC2)S1. The fraction of sp³-hybridized carbons (Fsp3) is 0.889. The van der Waals surface area contributed by atoms with Gasteiger partial charge < -0.3 is 5.32 Å². The van der Waals surface area contributed by atoms with E-state index in [1.165, 1.54) is 32.4 Å². The maximum absolute atomic E-state index is 4.36. The zero-order valence-corrected chi connectivity index (χ0v) is 10.0. The summed E-state index contributed by atoms with van der Waals surface area (Å²) in [7, 11) is 0. The molecule has 1 saturated heterocycles. The van der Waals surface area contributed by atoms with Crippen LogP contribution in [0.4, 0.5) is 0 Å². The molecular formula is C9H15BrN2S. The highest BCUT2D eigenvalue weighted by Gasteiger charge is 2.23. The van der Waals surface area contributed by atoms with Crippen LogP contribution in [0.3, 0.4) is 0 Å². The number of halogens is 1. The summed E-state index contributed by atoms with van der Waals surface area (Å²) in [4.78, 5) is 4.36. The number of hydrogen-bond acceptors (Lipinski definition) is 3. The second-order valence-electron chi connectivity index (χ2n) is 3.76. The van der Waals surface area contributed by atoms with E-state index in [4.69, 9.17) is 0 Å². The van der Waals surface area contributed by atoms with Crippen LogP contribution in [0.5, 0.6) is 0 Å². The minimum Gasteiger partial charge on any atom is -0.317 e. The van der Waals surface area contributed by atoms with Crippen LogP contribution in [0.2, 0.25) is 0 Å². The Balaban J connectivity index is 1.72. The summed E-state index contributed by atoms with van der Waals surface area (Å²) in [5.74, 6) is 0.937. The summed E-state index contributed by atoms with van der Waals surface area (Å²) in [6.07, 6.45) is 4.06. The molecule has 1 N–H and O–H groups in total. The molecular weight excluding hydrogens is 248 g/mol. The van der Waals surface area contributed by atoms with Gasteiger partial charge in [-0.05, 0) is 54.2 Å². The van der Waals surface area contributed by atoms with Crippen molar-refractivity contribution in [2.75, 3.05) is 19.6 Å². The standard InChI is InChI=1S/C9H15BrN2S/c10-9-12-6-8(13-9)5-7-1-3-11-4-2-7/h7-8,11H,1-6H2. The lowest BCUT2D eigenvalue weighted by Gasteiger charge is -2.24. The van der Waals surface area contributed by atoms with Gasteiger partial charge in [-0.25, -0.2) is 0 Å². The van der Waals surface area contributed by atoms with Crippen molar-refractivity contribution in [3.05, 3.63) is 0 Å². The molecule has 0 aromatic heterocycles. The van der Waals surface area contributed by atoms with E-state index in [1.54, 1.807) is 0 Å². The quantitative estimate of drug-likeness (QED) is 0.826. The first-order chi connectivity index (χ1) is 6.34. The van der Waals surface area contributed by atoms with Gasteiger partial charge in [0.15, 0.2) is 0 Å². The predicted octanol–water partition coefficient (Wildman–Crippen LogP) is 2.24. The van der Waals surface area contributed by atoms with Crippen molar-refractivity contribution in [2.45, 2.75) is 24.5 Å². The molecule has 1 fully saturated rings. The molecule has 13 heavy (non-hydrogen) atoms. The first-order valence-electron chi connectivity index (χ1n) is 4.92. The summed E-state index contributed by atoms with van der Waals surface area (Å²) in [6, 6.07) is 0. The molecule has 0 radical (unpaired) electrons. The van der Waals surface area contributed by atoms with Gasteiger partial charge in [0.2, 0.25) is 0 Å². The maximum atomic E-state index is 4.36. The molecule has 2 aliphatic heterocycles. The molecule has 2 rings (SSSR count). The van der Waals surface area contributed by atoms with E-state index in [2.05, 4.69) is 26.2 Å². The number of thioether (sulfide) groups is 1. The lowest BCUT2D eigenvalue weighted by Crippen LogP contribution is -2.29. The Morgan fingerprint density at radius 1 is 1.46 bits per heavy atom. The van der Waals surface area contributed by atoms with E-state index in [0.717, 1.165) is 21.7 Å². The monoisotopic (exact) mass is 262 g/mol. The van der Waals surface area contributed by atoms with Gasteiger partial charge in [0.05, 0.1) is 6.54 Å². The molecule has 1 unspecified atom stereocenters. The molecule has 2 aliphatic rings. The average molecular weight is 263 g/mol. The van der Waals surface area contributed by atoms with Crippen LogP contribution in [0.1, 0.15) is 19.3 Å². The van der Waals surface area contributed by atoms with Gasteiger partial charge in [-0.2, -0.15) is 0 Å². The predicted molar refractivity (Wildman–Crippen MR) is 62.8 cm³/mol. The van der Waals surface area contributed by atoms with E-state index >= 15 is 0 Å². The molecule has 2 heterocycles. The third-order valence-electron chi connectivity index (χ3n) is 2.74. The van der Waals surface area contributed by atoms with Gasteiger partial charge in [-0.15, -0.1) is 0 Å². The average Bonchev–Trinajstić information content (AvgIpc) is 2.53. The number of rotatable bonds is 2. The Bertz CT molecular complexity index is 202. The van der Waals surface area contributed by atoms with Crippen LogP contribution in [-0.2, 0) is 0 Å². The maximum Gasteiger partial charge on any atom is 0.134 e. The second-order valence-corrected chi connectivity index (χ2v) is 6.33. The van der Waals surface area contributed by atoms with Crippen molar-refractivity contribution in [1.82, 2.24) is 5.32 Å². The Morgan fingerprint density at radius 2 is 2.23 bits per heavy atom. The van der Waals surface area contributed by atoms with Crippen LogP contribution in [-0.4, -0.2) is 28.8 Å². The van der Waals surface area contributed by atoms with Crippen molar-refractivity contribution in [2.24, 2.45) is 10.9 Å². The fourth-order valence-corrected chi connectivity index (χ4v) is 3.88. The zero-order chi connectivity index (χ0) is 9.10. The Kier molecular flexibility index (Phi) is 3.69. The second kappa shape index (κ2) is 4.80. The van der Waals surface area contributed by atoms with Gasteiger partial charge in [0, 0.05) is 5.25 Å². The van der Waals surface area contributed by atoms with Crippen molar-refractivity contribution in [3.63, 3.8) is 0 Å². The molecule has 2 nitrogen and oxygen atoms in total. The van der Waals surface area contributed by atoms with Crippen molar-refractivity contribution < 1.29 is 0 Å². The molecule has 4 heteroatoms. The van der Waals surface area contributed by atoms with Crippen molar-refractivity contribution in [1.29, 1.82) is 0 Å². The van der Waals surface area contributed by atoms with Crippen LogP contribution in [0, 0.1) is 5.92 Å². The zero-order valence-electron chi connectivity index (χ0n) is 7.63. The molecule has 0 aromatic rings. The fourth-order valence-electron chi connectivity index (χ4n) is 2.00. The van der Waals surface area contributed by atoms with Crippen molar-refractivity contribution >= 4 is 31.6 Å². The Morgan fingerprint density at radius 3 is 2.85 bits per heavy atom. The van der Waals surface area contributed by atoms with Crippen LogP contribution in [0.15, 0.2) is 4.99 Å². The molecule has 0 saturated carbocycles. The number of hydrogen-bond donors (Lipinski definition) is 1. The first-order valence-corrected chi connectivity index (χ1v) is 6.59. The highest BCUT2D eigenvalue weighted by atomic mass is 79.9. The third-order valence-corrected chi connectivity index (χ3v) is 4.55. The molecule has 0 spiro atoms. The Hall–Kier alpha value is 0.460. The summed E-state index contributed by atoms with van der Waals surface area (Å²) in [5, 5.41) is 4.15. The molecule has 0 aromatic carbocycles. The van der Waals surface area contributed by atoms with E-state index in [9.17, 15) is 0 Å². The largest absolute Gasteiger partial charge is 0.317 e. The molecule has 0 bridgehead atoms. The lowest BCUT2D eigenvalue weighted by atomic mass is 9.93. The van der Waals surface area contributed by atoms with Gasteiger partial charge in [0.25, 0.3) is 0 Å². The number of aliphatic imine (C=N–C) groups is 1. The highest BCUT2D eigenvalue weighted by molar-refractivity contribution is 9.22. The van der Waals surface area contributed by atoms with Crippen LogP contribution in [0.25, 0.3) is 0 Å². The minimum atomic E-state index is 0.748. The summed E-state index contributed by atoms with van der Waals surface area (Å²) in [5.41, 5.74) is 0. The Labute approximate surface area is 92.1 Å². The number of nitrogens with one attached hydrogen (secondary N) is 1. The number of piperidine rings is 1.